The number of benzene rings is 1. The van der Waals surface area contributed by atoms with Crippen molar-refractivity contribution in [2.24, 2.45) is 0 Å². The van der Waals surface area contributed by atoms with Crippen LogP contribution in [0.15, 0.2) is 42.7 Å². The monoisotopic (exact) mass is 414 g/mol. The fraction of sp³-hybridized carbons (Fsp3) is 0.176. The first kappa shape index (κ1) is 21.8. The second-order valence-electron chi connectivity index (χ2n) is 5.47. The summed E-state index contributed by atoms with van der Waals surface area (Å²) in [6.45, 7) is 0.193. The van der Waals surface area contributed by atoms with Crippen LogP contribution in [0, 0.1) is 5.82 Å². The van der Waals surface area contributed by atoms with Crippen molar-refractivity contribution in [3.63, 3.8) is 0 Å². The molecule has 3 N–H and O–H groups in total. The van der Waals surface area contributed by atoms with E-state index in [4.69, 9.17) is 14.6 Å². The summed E-state index contributed by atoms with van der Waals surface area (Å²) in [5.74, 6) is -3.10. The van der Waals surface area contributed by atoms with Crippen molar-refractivity contribution >= 4 is 28.6 Å². The van der Waals surface area contributed by atoms with Crippen LogP contribution in [-0.2, 0) is 20.9 Å². The van der Waals surface area contributed by atoms with E-state index in [1.807, 2.05) is 6.07 Å². The molecule has 3 aromatic rings. The molecule has 0 saturated carbocycles. The van der Waals surface area contributed by atoms with Gasteiger partial charge in [-0.3, -0.25) is 14.9 Å². The Bertz CT molecular complexity index is 976. The highest BCUT2D eigenvalue weighted by molar-refractivity contribution is 5.99. The lowest BCUT2D eigenvalue weighted by atomic mass is 10.2. The number of amides is 1. The van der Waals surface area contributed by atoms with Gasteiger partial charge in [-0.05, 0) is 29.8 Å². The molecule has 2 heterocycles. The zero-order valence-electron chi connectivity index (χ0n) is 14.5. The number of nitrogens with zero attached hydrogens (tertiary/aromatic N) is 2. The number of carboxylic acids is 1. The first-order valence-electron chi connectivity index (χ1n) is 7.87. The van der Waals surface area contributed by atoms with Crippen molar-refractivity contribution in [3.05, 3.63) is 54.1 Å². The number of fused-ring (bicyclic) bond motifs is 1. The summed E-state index contributed by atoms with van der Waals surface area (Å²) in [6.07, 6.45) is -1.74. The van der Waals surface area contributed by atoms with E-state index in [0.717, 1.165) is 5.56 Å². The number of aliphatic carboxylic acids is 1. The summed E-state index contributed by atoms with van der Waals surface area (Å²) in [7, 11) is 0. The van der Waals surface area contributed by atoms with Crippen LogP contribution < -0.4 is 5.32 Å². The van der Waals surface area contributed by atoms with E-state index < -0.39 is 12.1 Å². The number of pyridine rings is 1. The van der Waals surface area contributed by atoms with Gasteiger partial charge < -0.3 is 15.2 Å². The third-order valence-corrected chi connectivity index (χ3v) is 3.25. The van der Waals surface area contributed by atoms with E-state index in [1.54, 1.807) is 24.5 Å². The molecule has 0 spiro atoms. The van der Waals surface area contributed by atoms with Crippen LogP contribution in [0.4, 0.5) is 23.4 Å². The summed E-state index contributed by atoms with van der Waals surface area (Å²) in [5, 5.41) is 17.0. The molecule has 154 valence electrons. The molecule has 2 aromatic heterocycles. The average molecular weight is 414 g/mol. The fourth-order valence-corrected chi connectivity index (χ4v) is 2.00. The van der Waals surface area contributed by atoms with Crippen molar-refractivity contribution in [2.45, 2.75) is 12.8 Å². The average Bonchev–Trinajstić information content (AvgIpc) is 3.04. The van der Waals surface area contributed by atoms with Gasteiger partial charge in [0.25, 0.3) is 5.91 Å². The first-order chi connectivity index (χ1) is 13.7. The number of H-pyrrole nitrogens is 1. The topological polar surface area (TPSA) is 117 Å². The maximum atomic E-state index is 13.1. The number of aromatic nitrogens is 3. The second-order valence-corrected chi connectivity index (χ2v) is 5.47. The predicted molar refractivity (Wildman–Crippen MR) is 92.3 cm³/mol. The number of carbonyl (C=O) groups excluding carboxylic acids is 1. The van der Waals surface area contributed by atoms with Gasteiger partial charge in [0.15, 0.2) is 5.82 Å². The van der Waals surface area contributed by atoms with Crippen LogP contribution in [-0.4, -0.2) is 44.9 Å². The molecule has 29 heavy (non-hydrogen) atoms. The van der Waals surface area contributed by atoms with Crippen LogP contribution >= 0.6 is 0 Å². The number of anilines is 1. The zero-order chi connectivity index (χ0) is 21.4. The minimum Gasteiger partial charge on any atom is -0.475 e. The first-order valence-corrected chi connectivity index (χ1v) is 7.87. The number of alkyl halides is 3. The van der Waals surface area contributed by atoms with Crippen LogP contribution in [0.3, 0.4) is 0 Å². The molecule has 1 aromatic carbocycles. The van der Waals surface area contributed by atoms with E-state index in [2.05, 4.69) is 20.5 Å². The number of carbonyl (C=O) groups is 2. The van der Waals surface area contributed by atoms with Crippen LogP contribution in [0.1, 0.15) is 5.56 Å². The van der Waals surface area contributed by atoms with Gasteiger partial charge in [0.2, 0.25) is 0 Å². The van der Waals surface area contributed by atoms with Gasteiger partial charge in [-0.2, -0.15) is 18.3 Å². The van der Waals surface area contributed by atoms with Crippen LogP contribution in [0.25, 0.3) is 10.9 Å². The van der Waals surface area contributed by atoms with Crippen molar-refractivity contribution in [3.8, 4) is 0 Å². The van der Waals surface area contributed by atoms with Gasteiger partial charge in [-0.1, -0.05) is 6.07 Å². The molecular formula is C17H14F4N4O4. The number of ether oxygens (including phenoxy) is 1. The van der Waals surface area contributed by atoms with Crippen molar-refractivity contribution in [2.75, 3.05) is 11.9 Å². The summed E-state index contributed by atoms with van der Waals surface area (Å²) in [4.78, 5) is 24.7. The fourth-order valence-electron chi connectivity index (χ4n) is 2.00. The van der Waals surface area contributed by atoms with Gasteiger partial charge >= 0.3 is 12.1 Å². The molecule has 8 nitrogen and oxygen atoms in total. The SMILES string of the molecule is O=C(COCc1cccnc1)Nc1n[nH]c2cc(F)ccc12.O=C(O)C(F)(F)F. The maximum Gasteiger partial charge on any atom is 0.490 e. The van der Waals surface area contributed by atoms with E-state index >= 15 is 0 Å². The third-order valence-electron chi connectivity index (χ3n) is 3.25. The molecule has 0 unspecified atom stereocenters. The summed E-state index contributed by atoms with van der Waals surface area (Å²) >= 11 is 0. The predicted octanol–water partition coefficient (Wildman–Crippen LogP) is 2.89. The number of halogens is 4. The smallest absolute Gasteiger partial charge is 0.475 e. The summed E-state index contributed by atoms with van der Waals surface area (Å²) in [5.41, 5.74) is 1.41. The van der Waals surface area contributed by atoms with Crippen molar-refractivity contribution in [1.29, 1.82) is 0 Å². The molecule has 3 rings (SSSR count). The highest BCUT2D eigenvalue weighted by Gasteiger charge is 2.38. The van der Waals surface area contributed by atoms with E-state index in [-0.39, 0.29) is 18.3 Å². The lowest BCUT2D eigenvalue weighted by Gasteiger charge is -2.04. The molecule has 0 atom stereocenters. The molecule has 12 heteroatoms. The molecular weight excluding hydrogens is 400 g/mol. The quantitative estimate of drug-likeness (QED) is 0.553. The Morgan fingerprint density at radius 1 is 1.24 bits per heavy atom. The number of nitrogens with one attached hydrogen (secondary N) is 2. The number of carboxylic acid groups (broad SMARTS) is 1. The minimum absolute atomic E-state index is 0.107. The highest BCUT2D eigenvalue weighted by atomic mass is 19.4. The van der Waals surface area contributed by atoms with Gasteiger partial charge in [0.1, 0.15) is 12.4 Å². The maximum absolute atomic E-state index is 13.1. The van der Waals surface area contributed by atoms with E-state index in [9.17, 15) is 22.4 Å². The number of rotatable bonds is 5. The number of hydrogen-bond acceptors (Lipinski definition) is 5. The standard InChI is InChI=1S/C15H13FN4O2.C2HF3O2/c16-11-3-4-12-13(6-11)19-20-15(12)18-14(21)9-22-8-10-2-1-5-17-7-10;3-2(4,5)1(6)7/h1-7H,8-9H2,(H2,18,19,20,21);(H,6,7). The normalized spacial score (nSPS) is 10.9. The summed E-state index contributed by atoms with van der Waals surface area (Å²) in [6, 6.07) is 7.85. The molecule has 1 amide bonds. The lowest BCUT2D eigenvalue weighted by molar-refractivity contribution is -0.192. The Morgan fingerprint density at radius 3 is 2.59 bits per heavy atom. The Balaban J connectivity index is 0.000000370. The Kier molecular flexibility index (Phi) is 7.20. The van der Waals surface area contributed by atoms with Gasteiger partial charge in [-0.25, -0.2) is 9.18 Å². The minimum atomic E-state index is -5.08. The van der Waals surface area contributed by atoms with Gasteiger partial charge in [0, 0.05) is 17.8 Å². The van der Waals surface area contributed by atoms with Gasteiger partial charge in [-0.15, -0.1) is 0 Å². The molecule has 0 aliphatic rings. The number of aromatic amines is 1. The lowest BCUT2D eigenvalue weighted by Crippen LogP contribution is -2.21. The molecule has 0 radical (unpaired) electrons. The Labute approximate surface area is 160 Å². The third kappa shape index (κ3) is 6.84. The molecule has 0 aliphatic heterocycles. The molecule has 0 bridgehead atoms. The van der Waals surface area contributed by atoms with Crippen LogP contribution in [0.5, 0.6) is 0 Å². The van der Waals surface area contributed by atoms with E-state index in [1.165, 1.54) is 12.1 Å². The second kappa shape index (κ2) is 9.59. The van der Waals surface area contributed by atoms with Crippen LogP contribution in [0.2, 0.25) is 0 Å². The molecule has 0 fully saturated rings. The van der Waals surface area contributed by atoms with Crippen molar-refractivity contribution < 1.29 is 37.0 Å². The number of hydrogen-bond donors (Lipinski definition) is 3. The molecule has 0 aliphatic carbocycles. The Morgan fingerprint density at radius 2 is 1.97 bits per heavy atom. The van der Waals surface area contributed by atoms with E-state index in [0.29, 0.717) is 23.3 Å². The summed E-state index contributed by atoms with van der Waals surface area (Å²) < 4.78 is 50.1. The largest absolute Gasteiger partial charge is 0.490 e. The Hall–Kier alpha value is -3.54. The van der Waals surface area contributed by atoms with Crippen molar-refractivity contribution in [1.82, 2.24) is 15.2 Å². The van der Waals surface area contributed by atoms with Gasteiger partial charge in [0.05, 0.1) is 12.1 Å². The molecule has 0 saturated heterocycles. The highest BCUT2D eigenvalue weighted by Crippen LogP contribution is 2.20. The zero-order valence-corrected chi connectivity index (χ0v) is 14.5.